The molecule has 2 aromatic heterocycles. The molecule has 0 radical (unpaired) electrons. The Labute approximate surface area is 106 Å². The van der Waals surface area contributed by atoms with Crippen LogP contribution in [0.3, 0.4) is 0 Å². The van der Waals surface area contributed by atoms with Crippen molar-refractivity contribution in [2.75, 3.05) is 0 Å². The number of hydrogen-bond donors (Lipinski definition) is 0. The first kappa shape index (κ1) is 12.1. The Bertz CT molecular complexity index is 593. The van der Waals surface area contributed by atoms with E-state index in [-0.39, 0.29) is 16.7 Å². The summed E-state index contributed by atoms with van der Waals surface area (Å²) < 4.78 is 6.19. The maximum atomic E-state index is 11.7. The number of hydrogen-bond acceptors (Lipinski definition) is 5. The van der Waals surface area contributed by atoms with Crippen LogP contribution in [-0.4, -0.2) is 19.7 Å². The molecule has 0 saturated heterocycles. The first-order valence-corrected chi connectivity index (χ1v) is 5.59. The molecule has 0 bridgehead atoms. The van der Waals surface area contributed by atoms with Crippen molar-refractivity contribution in [3.8, 4) is 0 Å². The summed E-state index contributed by atoms with van der Waals surface area (Å²) in [6.07, 6.45) is 1.93. The average Bonchev–Trinajstić information content (AvgIpc) is 2.78. The third kappa shape index (κ3) is 2.48. The molecule has 0 fully saturated rings. The van der Waals surface area contributed by atoms with Gasteiger partial charge in [0.05, 0.1) is 12.9 Å². The van der Waals surface area contributed by atoms with Crippen LogP contribution in [0.15, 0.2) is 15.6 Å². The van der Waals surface area contributed by atoms with Gasteiger partial charge in [-0.05, 0) is 0 Å². The van der Waals surface area contributed by atoms with Crippen molar-refractivity contribution in [2.24, 2.45) is 0 Å². The lowest BCUT2D eigenvalue weighted by Crippen LogP contribution is -2.22. The molecule has 0 N–H and O–H groups in total. The second kappa shape index (κ2) is 4.85. The van der Waals surface area contributed by atoms with E-state index in [1.807, 2.05) is 6.92 Å². The lowest BCUT2D eigenvalue weighted by Gasteiger charge is -2.02. The summed E-state index contributed by atoms with van der Waals surface area (Å²) in [7, 11) is 0. The van der Waals surface area contributed by atoms with E-state index in [4.69, 9.17) is 27.7 Å². The van der Waals surface area contributed by atoms with Crippen LogP contribution in [0.25, 0.3) is 0 Å². The van der Waals surface area contributed by atoms with E-state index in [2.05, 4.69) is 15.1 Å². The highest BCUT2D eigenvalue weighted by atomic mass is 35.5. The summed E-state index contributed by atoms with van der Waals surface area (Å²) in [6.45, 7) is 2.04. The summed E-state index contributed by atoms with van der Waals surface area (Å²) in [5.74, 6) is 0.908. The van der Waals surface area contributed by atoms with Crippen LogP contribution in [0.2, 0.25) is 10.2 Å². The van der Waals surface area contributed by atoms with Gasteiger partial charge in [0, 0.05) is 6.42 Å². The quantitative estimate of drug-likeness (QED) is 0.794. The van der Waals surface area contributed by atoms with E-state index in [1.165, 1.54) is 10.9 Å². The first-order chi connectivity index (χ1) is 8.11. The fourth-order valence-corrected chi connectivity index (χ4v) is 1.49. The molecule has 2 heterocycles. The van der Waals surface area contributed by atoms with Gasteiger partial charge in [-0.25, -0.2) is 4.98 Å². The minimum absolute atomic E-state index is 0.0183. The fourth-order valence-electron chi connectivity index (χ4n) is 1.21. The molecule has 0 atom stereocenters. The number of aromatic nitrogens is 4. The standard InChI is InChI=1S/C9H8Cl2N4O2/c1-2-6-13-5(14-17-6)3-15-4-12-8(11)7(10)9(15)16/h4H,2-3H2,1H3. The van der Waals surface area contributed by atoms with Gasteiger partial charge in [0.1, 0.15) is 5.02 Å². The van der Waals surface area contributed by atoms with Crippen molar-refractivity contribution < 1.29 is 4.52 Å². The molecule has 6 nitrogen and oxygen atoms in total. The molecule has 2 rings (SSSR count). The number of rotatable bonds is 3. The highest BCUT2D eigenvalue weighted by Gasteiger charge is 2.10. The average molecular weight is 275 g/mol. The number of nitrogens with zero attached hydrogens (tertiary/aromatic N) is 4. The maximum absolute atomic E-state index is 11.7. The van der Waals surface area contributed by atoms with E-state index >= 15 is 0 Å². The topological polar surface area (TPSA) is 73.8 Å². The van der Waals surface area contributed by atoms with Crippen molar-refractivity contribution in [2.45, 2.75) is 19.9 Å². The Hall–Kier alpha value is -1.40. The van der Waals surface area contributed by atoms with Crippen molar-refractivity contribution in [3.05, 3.63) is 38.6 Å². The van der Waals surface area contributed by atoms with Crippen LogP contribution in [0.5, 0.6) is 0 Å². The minimum Gasteiger partial charge on any atom is -0.339 e. The van der Waals surface area contributed by atoms with Gasteiger partial charge < -0.3 is 4.52 Å². The van der Waals surface area contributed by atoms with Gasteiger partial charge in [0.15, 0.2) is 11.0 Å². The predicted molar refractivity (Wildman–Crippen MR) is 61.3 cm³/mol. The molecule has 0 aliphatic heterocycles. The fraction of sp³-hybridized carbons (Fsp3) is 0.333. The van der Waals surface area contributed by atoms with Gasteiger partial charge in [-0.1, -0.05) is 35.3 Å². The van der Waals surface area contributed by atoms with Gasteiger partial charge >= 0.3 is 0 Å². The summed E-state index contributed by atoms with van der Waals surface area (Å²) in [5.41, 5.74) is -0.436. The normalized spacial score (nSPS) is 10.8. The Balaban J connectivity index is 2.30. The summed E-state index contributed by atoms with van der Waals surface area (Å²) in [5, 5.41) is 3.59. The predicted octanol–water partition coefficient (Wildman–Crippen LogP) is 1.54. The van der Waals surface area contributed by atoms with Gasteiger partial charge in [0.2, 0.25) is 5.89 Å². The molecule has 0 spiro atoms. The zero-order valence-corrected chi connectivity index (χ0v) is 10.4. The van der Waals surface area contributed by atoms with Gasteiger partial charge in [-0.3, -0.25) is 9.36 Å². The lowest BCUT2D eigenvalue weighted by molar-refractivity contribution is 0.375. The lowest BCUT2D eigenvalue weighted by atomic mass is 10.5. The minimum atomic E-state index is -0.436. The van der Waals surface area contributed by atoms with Gasteiger partial charge in [-0.2, -0.15) is 4.98 Å². The molecule has 17 heavy (non-hydrogen) atoms. The third-order valence-corrected chi connectivity index (χ3v) is 2.79. The highest BCUT2D eigenvalue weighted by Crippen LogP contribution is 2.12. The van der Waals surface area contributed by atoms with Crippen LogP contribution in [-0.2, 0) is 13.0 Å². The third-order valence-electron chi connectivity index (χ3n) is 2.06. The van der Waals surface area contributed by atoms with Crippen LogP contribution in [0.1, 0.15) is 18.6 Å². The molecule has 0 aliphatic carbocycles. The SMILES string of the molecule is CCc1nc(Cn2cnc(Cl)c(Cl)c2=O)no1. The first-order valence-electron chi connectivity index (χ1n) is 4.83. The molecule has 2 aromatic rings. The smallest absolute Gasteiger partial charge is 0.274 e. The molecule has 0 aromatic carbocycles. The molecule has 0 saturated carbocycles. The van der Waals surface area contributed by atoms with Crippen molar-refractivity contribution in [1.82, 2.24) is 19.7 Å². The summed E-state index contributed by atoms with van der Waals surface area (Å²) in [4.78, 5) is 19.5. The summed E-state index contributed by atoms with van der Waals surface area (Å²) in [6, 6.07) is 0. The van der Waals surface area contributed by atoms with Crippen LogP contribution in [0, 0.1) is 0 Å². The molecule has 8 heteroatoms. The molecular weight excluding hydrogens is 267 g/mol. The maximum Gasteiger partial charge on any atom is 0.274 e. The highest BCUT2D eigenvalue weighted by molar-refractivity contribution is 6.40. The zero-order chi connectivity index (χ0) is 12.4. The largest absolute Gasteiger partial charge is 0.339 e. The molecule has 90 valence electrons. The van der Waals surface area contributed by atoms with Crippen molar-refractivity contribution in [1.29, 1.82) is 0 Å². The van der Waals surface area contributed by atoms with Gasteiger partial charge in [-0.15, -0.1) is 0 Å². The Morgan fingerprint density at radius 3 is 2.88 bits per heavy atom. The van der Waals surface area contributed by atoms with Crippen LogP contribution in [0.4, 0.5) is 0 Å². The van der Waals surface area contributed by atoms with E-state index in [1.54, 1.807) is 0 Å². The molecule has 0 amide bonds. The Morgan fingerprint density at radius 1 is 1.47 bits per heavy atom. The van der Waals surface area contributed by atoms with Crippen molar-refractivity contribution in [3.63, 3.8) is 0 Å². The second-order valence-electron chi connectivity index (χ2n) is 3.24. The van der Waals surface area contributed by atoms with E-state index < -0.39 is 5.56 Å². The van der Waals surface area contributed by atoms with Gasteiger partial charge in [0.25, 0.3) is 5.56 Å². The summed E-state index contributed by atoms with van der Waals surface area (Å²) >= 11 is 11.3. The number of aryl methyl sites for hydroxylation is 1. The van der Waals surface area contributed by atoms with E-state index in [0.717, 1.165) is 0 Å². The van der Waals surface area contributed by atoms with E-state index in [0.29, 0.717) is 18.1 Å². The van der Waals surface area contributed by atoms with Crippen LogP contribution < -0.4 is 5.56 Å². The zero-order valence-electron chi connectivity index (χ0n) is 8.85. The van der Waals surface area contributed by atoms with Crippen LogP contribution >= 0.6 is 23.2 Å². The number of halogens is 2. The monoisotopic (exact) mass is 274 g/mol. The Morgan fingerprint density at radius 2 is 2.24 bits per heavy atom. The van der Waals surface area contributed by atoms with E-state index in [9.17, 15) is 4.79 Å². The second-order valence-corrected chi connectivity index (χ2v) is 3.98. The molecular formula is C9H8Cl2N4O2. The van der Waals surface area contributed by atoms with Crippen molar-refractivity contribution >= 4 is 23.2 Å². The molecule has 0 aliphatic rings. The Kier molecular flexibility index (Phi) is 3.44. The molecule has 0 unspecified atom stereocenters.